The molecule has 0 radical (unpaired) electrons. The number of carbonyl (C=O) groups excluding carboxylic acids is 3. The zero-order chi connectivity index (χ0) is 24.8. The van der Waals surface area contributed by atoms with Crippen LogP contribution >= 0.6 is 0 Å². The van der Waals surface area contributed by atoms with Gasteiger partial charge in [0, 0.05) is 0 Å². The molecule has 3 aromatic rings. The molecule has 1 N–H and O–H groups in total. The Morgan fingerprint density at radius 2 is 1.63 bits per heavy atom. The number of methoxy groups -OCH3 is 1. The Bertz CT molecular complexity index is 1270. The van der Waals surface area contributed by atoms with Crippen LogP contribution in [0.3, 0.4) is 0 Å². The summed E-state index contributed by atoms with van der Waals surface area (Å²) in [5.74, 6) is 0.0822. The van der Waals surface area contributed by atoms with Crippen LogP contribution in [-0.2, 0) is 16.2 Å². The number of benzene rings is 3. The lowest BCUT2D eigenvalue weighted by Gasteiger charge is -2.26. The Labute approximate surface area is 202 Å². The Balaban J connectivity index is 1.60. The van der Waals surface area contributed by atoms with Crippen LogP contribution in [-0.4, -0.2) is 31.6 Å². The van der Waals surface area contributed by atoms with Gasteiger partial charge in [-0.05, 0) is 60.5 Å². The summed E-state index contributed by atoms with van der Waals surface area (Å²) < 4.78 is 16.8. The highest BCUT2D eigenvalue weighted by molar-refractivity contribution is 6.39. The highest BCUT2D eigenvalue weighted by atomic mass is 16.5. The van der Waals surface area contributed by atoms with Crippen molar-refractivity contribution in [1.82, 2.24) is 5.32 Å². The maximum absolute atomic E-state index is 13.1. The molecule has 0 aromatic heterocycles. The van der Waals surface area contributed by atoms with E-state index in [0.717, 1.165) is 10.5 Å². The Morgan fingerprint density at radius 3 is 2.31 bits per heavy atom. The van der Waals surface area contributed by atoms with E-state index in [4.69, 9.17) is 14.2 Å². The molecule has 0 unspecified atom stereocenters. The molecular weight excluding hydrogens is 448 g/mol. The highest BCUT2D eigenvalue weighted by Gasteiger charge is 2.36. The van der Waals surface area contributed by atoms with E-state index in [1.54, 1.807) is 42.5 Å². The van der Waals surface area contributed by atoms with Crippen LogP contribution < -0.4 is 24.4 Å². The average molecular weight is 472 g/mol. The van der Waals surface area contributed by atoms with Crippen LogP contribution in [0.1, 0.15) is 18.1 Å². The van der Waals surface area contributed by atoms with E-state index in [-0.39, 0.29) is 5.57 Å². The molecule has 1 aliphatic rings. The summed E-state index contributed by atoms with van der Waals surface area (Å²) in [6, 6.07) is 20.4. The molecule has 8 nitrogen and oxygen atoms in total. The van der Waals surface area contributed by atoms with Crippen molar-refractivity contribution in [3.8, 4) is 17.2 Å². The first-order valence-electron chi connectivity index (χ1n) is 11.0. The second-order valence-electron chi connectivity index (χ2n) is 7.57. The van der Waals surface area contributed by atoms with Gasteiger partial charge in [0.05, 0.1) is 19.4 Å². The molecule has 0 atom stereocenters. The number of hydrogen-bond acceptors (Lipinski definition) is 6. The highest BCUT2D eigenvalue weighted by Crippen LogP contribution is 2.31. The number of nitrogens with one attached hydrogen (secondary N) is 1. The molecule has 178 valence electrons. The largest absolute Gasteiger partial charge is 0.497 e. The fourth-order valence-electron chi connectivity index (χ4n) is 3.53. The fourth-order valence-corrected chi connectivity index (χ4v) is 3.53. The van der Waals surface area contributed by atoms with Crippen LogP contribution in [0.5, 0.6) is 17.2 Å². The summed E-state index contributed by atoms with van der Waals surface area (Å²) in [6.07, 6.45) is 1.42. The number of amides is 4. The van der Waals surface area contributed by atoms with E-state index in [1.807, 2.05) is 37.3 Å². The summed E-state index contributed by atoms with van der Waals surface area (Å²) >= 11 is 0. The number of imide groups is 2. The minimum Gasteiger partial charge on any atom is -0.497 e. The van der Waals surface area contributed by atoms with Crippen LogP contribution in [0.2, 0.25) is 0 Å². The Kier molecular flexibility index (Phi) is 7.11. The molecule has 0 spiro atoms. The van der Waals surface area contributed by atoms with E-state index in [2.05, 4.69) is 5.32 Å². The summed E-state index contributed by atoms with van der Waals surface area (Å²) in [5.41, 5.74) is 1.68. The molecule has 8 heteroatoms. The molecule has 1 saturated heterocycles. The van der Waals surface area contributed by atoms with Crippen molar-refractivity contribution in [1.29, 1.82) is 0 Å². The van der Waals surface area contributed by atoms with Crippen molar-refractivity contribution in [3.05, 3.63) is 89.5 Å². The molecule has 4 rings (SSSR count). The zero-order valence-corrected chi connectivity index (χ0v) is 19.3. The quantitative estimate of drug-likeness (QED) is 0.387. The predicted molar refractivity (Wildman–Crippen MR) is 130 cm³/mol. The van der Waals surface area contributed by atoms with Crippen LogP contribution in [0.25, 0.3) is 6.08 Å². The third-order valence-electron chi connectivity index (χ3n) is 5.25. The number of rotatable bonds is 8. The molecule has 0 aliphatic carbocycles. The van der Waals surface area contributed by atoms with Crippen molar-refractivity contribution in [2.45, 2.75) is 13.5 Å². The summed E-state index contributed by atoms with van der Waals surface area (Å²) in [5, 5.41) is 2.22. The maximum Gasteiger partial charge on any atom is 0.335 e. The van der Waals surface area contributed by atoms with E-state index in [9.17, 15) is 14.4 Å². The third-order valence-corrected chi connectivity index (χ3v) is 5.25. The van der Waals surface area contributed by atoms with E-state index >= 15 is 0 Å². The van der Waals surface area contributed by atoms with Gasteiger partial charge in [0.25, 0.3) is 11.8 Å². The van der Waals surface area contributed by atoms with Gasteiger partial charge in [0.15, 0.2) is 11.5 Å². The third kappa shape index (κ3) is 5.33. The van der Waals surface area contributed by atoms with Gasteiger partial charge in [-0.1, -0.05) is 36.4 Å². The minimum absolute atomic E-state index is 0.180. The number of hydrogen-bond donors (Lipinski definition) is 1. The SMILES string of the molecule is CCOc1cc(/C=C2\C(=O)NC(=O)N(c3ccc(OC)cc3)C2=O)ccc1OCc1ccccc1. The van der Waals surface area contributed by atoms with Gasteiger partial charge in [0.1, 0.15) is 17.9 Å². The molecule has 1 aliphatic heterocycles. The molecule has 35 heavy (non-hydrogen) atoms. The summed E-state index contributed by atoms with van der Waals surface area (Å²) in [7, 11) is 1.52. The van der Waals surface area contributed by atoms with E-state index in [0.29, 0.717) is 41.7 Å². The fraction of sp³-hybridized carbons (Fsp3) is 0.148. The first kappa shape index (κ1) is 23.6. The monoisotopic (exact) mass is 472 g/mol. The Morgan fingerprint density at radius 1 is 0.886 bits per heavy atom. The predicted octanol–water partition coefficient (Wildman–Crippen LogP) is 4.34. The summed E-state index contributed by atoms with van der Waals surface area (Å²) in [6.45, 7) is 2.62. The second-order valence-corrected chi connectivity index (χ2v) is 7.57. The topological polar surface area (TPSA) is 94.2 Å². The number of urea groups is 1. The molecule has 1 fully saturated rings. The number of ether oxygens (including phenoxy) is 3. The molecule has 0 bridgehead atoms. The number of barbiturate groups is 1. The van der Waals surface area contributed by atoms with Gasteiger partial charge < -0.3 is 14.2 Å². The normalized spacial score (nSPS) is 14.6. The number of carbonyl (C=O) groups is 3. The molecule has 0 saturated carbocycles. The standard InChI is InChI=1S/C27H24N2O6/c1-3-34-24-16-19(9-14-23(24)35-17-18-7-5-4-6-8-18)15-22-25(30)28-27(32)29(26(22)31)20-10-12-21(33-2)13-11-20/h4-16H,3,17H2,1-2H3,(H,28,30,32)/b22-15+. The van der Waals surface area contributed by atoms with Gasteiger partial charge in [-0.25, -0.2) is 9.69 Å². The van der Waals surface area contributed by atoms with Gasteiger partial charge in [-0.2, -0.15) is 0 Å². The van der Waals surface area contributed by atoms with Crippen LogP contribution in [0.4, 0.5) is 10.5 Å². The summed E-state index contributed by atoms with van der Waals surface area (Å²) in [4.78, 5) is 39.0. The van der Waals surface area contributed by atoms with Gasteiger partial charge in [-0.15, -0.1) is 0 Å². The van der Waals surface area contributed by atoms with Gasteiger partial charge in [0.2, 0.25) is 0 Å². The van der Waals surface area contributed by atoms with Crippen molar-refractivity contribution in [2.24, 2.45) is 0 Å². The van der Waals surface area contributed by atoms with Gasteiger partial charge in [-0.3, -0.25) is 14.9 Å². The smallest absolute Gasteiger partial charge is 0.335 e. The van der Waals surface area contributed by atoms with Gasteiger partial charge >= 0.3 is 6.03 Å². The van der Waals surface area contributed by atoms with Crippen molar-refractivity contribution < 1.29 is 28.6 Å². The molecular formula is C27H24N2O6. The van der Waals surface area contributed by atoms with Crippen molar-refractivity contribution >= 4 is 29.6 Å². The second kappa shape index (κ2) is 10.6. The van der Waals surface area contributed by atoms with Crippen LogP contribution in [0, 0.1) is 0 Å². The van der Waals surface area contributed by atoms with E-state index < -0.39 is 17.8 Å². The lowest BCUT2D eigenvalue weighted by Crippen LogP contribution is -2.54. The molecule has 4 amide bonds. The maximum atomic E-state index is 13.1. The zero-order valence-electron chi connectivity index (χ0n) is 19.3. The molecule has 3 aromatic carbocycles. The minimum atomic E-state index is -0.818. The number of anilines is 1. The lowest BCUT2D eigenvalue weighted by atomic mass is 10.1. The first-order chi connectivity index (χ1) is 17.0. The van der Waals surface area contributed by atoms with Crippen molar-refractivity contribution in [3.63, 3.8) is 0 Å². The van der Waals surface area contributed by atoms with Crippen LogP contribution in [0.15, 0.2) is 78.4 Å². The number of nitrogens with zero attached hydrogens (tertiary/aromatic N) is 1. The average Bonchev–Trinajstić information content (AvgIpc) is 2.87. The Hall–Kier alpha value is -4.59. The van der Waals surface area contributed by atoms with Crippen molar-refractivity contribution in [2.75, 3.05) is 18.6 Å². The van der Waals surface area contributed by atoms with E-state index in [1.165, 1.54) is 13.2 Å². The molecule has 1 heterocycles. The lowest BCUT2D eigenvalue weighted by molar-refractivity contribution is -0.122. The first-order valence-corrected chi connectivity index (χ1v) is 11.0.